The third kappa shape index (κ3) is 2.81. The normalized spacial score (nSPS) is 15.0. The first-order valence-corrected chi connectivity index (χ1v) is 8.01. The van der Waals surface area contributed by atoms with Crippen LogP contribution in [0.4, 0.5) is 5.82 Å². The summed E-state index contributed by atoms with van der Waals surface area (Å²) in [6.07, 6.45) is 1.68. The molecule has 0 amide bonds. The maximum absolute atomic E-state index is 9.39. The number of ether oxygens (including phenoxy) is 1. The number of pyridine rings is 1. The van der Waals surface area contributed by atoms with E-state index in [0.29, 0.717) is 19.0 Å². The molecule has 0 radical (unpaired) electrons. The predicted molar refractivity (Wildman–Crippen MR) is 91.7 cm³/mol. The van der Waals surface area contributed by atoms with E-state index in [2.05, 4.69) is 14.9 Å². The number of rotatable bonds is 3. The molecule has 0 saturated carbocycles. The Labute approximate surface area is 139 Å². The lowest BCUT2D eigenvalue weighted by Gasteiger charge is -2.28. The highest BCUT2D eigenvalue weighted by Gasteiger charge is 2.19. The van der Waals surface area contributed by atoms with Crippen LogP contribution in [-0.2, 0) is 11.3 Å². The van der Waals surface area contributed by atoms with Gasteiger partial charge < -0.3 is 14.7 Å². The van der Waals surface area contributed by atoms with Crippen molar-refractivity contribution < 1.29 is 9.84 Å². The number of benzene rings is 1. The van der Waals surface area contributed by atoms with Crippen LogP contribution in [0.25, 0.3) is 22.4 Å². The molecule has 6 nitrogen and oxygen atoms in total. The Balaban J connectivity index is 1.90. The van der Waals surface area contributed by atoms with Gasteiger partial charge in [0.05, 0.1) is 25.3 Å². The molecular formula is C18H18N4O2. The second kappa shape index (κ2) is 6.51. The fourth-order valence-electron chi connectivity index (χ4n) is 2.84. The summed E-state index contributed by atoms with van der Waals surface area (Å²) in [5.74, 6) is 1.49. The summed E-state index contributed by atoms with van der Waals surface area (Å²) < 4.78 is 5.45. The van der Waals surface area contributed by atoms with E-state index in [9.17, 15) is 5.11 Å². The Hall–Kier alpha value is -2.57. The molecule has 0 spiro atoms. The van der Waals surface area contributed by atoms with Crippen molar-refractivity contribution in [2.75, 3.05) is 31.2 Å². The molecule has 3 heterocycles. The van der Waals surface area contributed by atoms with Crippen molar-refractivity contribution in [1.29, 1.82) is 0 Å². The van der Waals surface area contributed by atoms with Crippen molar-refractivity contribution in [2.24, 2.45) is 0 Å². The Kier molecular flexibility index (Phi) is 4.06. The topological polar surface area (TPSA) is 71.4 Å². The Morgan fingerprint density at radius 2 is 1.88 bits per heavy atom. The minimum absolute atomic E-state index is 0.0551. The first-order valence-electron chi connectivity index (χ1n) is 8.01. The molecule has 122 valence electrons. The quantitative estimate of drug-likeness (QED) is 0.795. The van der Waals surface area contributed by atoms with E-state index in [-0.39, 0.29) is 6.61 Å². The zero-order valence-electron chi connectivity index (χ0n) is 13.2. The summed E-state index contributed by atoms with van der Waals surface area (Å²) in [4.78, 5) is 16.1. The zero-order valence-corrected chi connectivity index (χ0v) is 13.2. The summed E-state index contributed by atoms with van der Waals surface area (Å²) in [6, 6.07) is 11.8. The van der Waals surface area contributed by atoms with Gasteiger partial charge in [-0.3, -0.25) is 4.98 Å². The second-order valence-corrected chi connectivity index (χ2v) is 5.71. The number of aliphatic hydroxyl groups excluding tert-OH is 1. The molecule has 0 atom stereocenters. The number of anilines is 1. The van der Waals surface area contributed by atoms with E-state index in [1.807, 2.05) is 36.4 Å². The maximum atomic E-state index is 9.39. The Bertz CT molecular complexity index is 848. The third-order valence-electron chi connectivity index (χ3n) is 4.10. The van der Waals surface area contributed by atoms with E-state index in [0.717, 1.165) is 41.1 Å². The highest BCUT2D eigenvalue weighted by molar-refractivity contribution is 5.87. The van der Waals surface area contributed by atoms with Gasteiger partial charge in [0, 0.05) is 24.8 Å². The van der Waals surface area contributed by atoms with Crippen molar-refractivity contribution in [3.63, 3.8) is 0 Å². The number of fused-ring (bicyclic) bond motifs is 1. The van der Waals surface area contributed by atoms with E-state index in [1.165, 1.54) is 0 Å². The standard InChI is InChI=1S/C18H18N4O2/c23-12-13-10-15-16(19-11-13)18(22-6-8-24-9-7-22)21-17(20-15)14-4-2-1-3-5-14/h1-5,10-11,23H,6-9,12H2. The summed E-state index contributed by atoms with van der Waals surface area (Å²) in [6.45, 7) is 2.87. The van der Waals surface area contributed by atoms with Crippen molar-refractivity contribution >= 4 is 16.9 Å². The van der Waals surface area contributed by atoms with Crippen LogP contribution in [0.3, 0.4) is 0 Å². The van der Waals surface area contributed by atoms with E-state index >= 15 is 0 Å². The molecule has 1 aromatic carbocycles. The molecule has 24 heavy (non-hydrogen) atoms. The van der Waals surface area contributed by atoms with E-state index in [1.54, 1.807) is 6.20 Å². The van der Waals surface area contributed by atoms with Gasteiger partial charge in [-0.2, -0.15) is 0 Å². The van der Waals surface area contributed by atoms with Gasteiger partial charge in [-0.1, -0.05) is 30.3 Å². The molecule has 0 unspecified atom stereocenters. The largest absolute Gasteiger partial charge is 0.392 e. The highest BCUT2D eigenvalue weighted by atomic mass is 16.5. The predicted octanol–water partition coefficient (Wildman–Crippen LogP) is 2.02. The van der Waals surface area contributed by atoms with Crippen molar-refractivity contribution in [3.05, 3.63) is 48.2 Å². The smallest absolute Gasteiger partial charge is 0.162 e. The zero-order chi connectivity index (χ0) is 16.4. The van der Waals surface area contributed by atoms with E-state index in [4.69, 9.17) is 9.72 Å². The molecule has 6 heteroatoms. The summed E-state index contributed by atoms with van der Waals surface area (Å²) in [7, 11) is 0. The van der Waals surface area contributed by atoms with Gasteiger partial charge in [0.2, 0.25) is 0 Å². The molecule has 1 fully saturated rings. The summed E-state index contributed by atoms with van der Waals surface area (Å²) >= 11 is 0. The first-order chi connectivity index (χ1) is 11.8. The molecule has 1 saturated heterocycles. The fourth-order valence-corrected chi connectivity index (χ4v) is 2.84. The molecule has 1 aliphatic heterocycles. The lowest BCUT2D eigenvalue weighted by molar-refractivity contribution is 0.122. The van der Waals surface area contributed by atoms with Crippen LogP contribution in [0.5, 0.6) is 0 Å². The molecular weight excluding hydrogens is 304 g/mol. The number of morpholine rings is 1. The summed E-state index contributed by atoms with van der Waals surface area (Å²) in [5, 5.41) is 9.39. The monoisotopic (exact) mass is 322 g/mol. The van der Waals surface area contributed by atoms with Crippen LogP contribution in [-0.4, -0.2) is 46.4 Å². The number of nitrogens with zero attached hydrogens (tertiary/aromatic N) is 4. The Morgan fingerprint density at radius 3 is 2.62 bits per heavy atom. The number of hydrogen-bond acceptors (Lipinski definition) is 6. The van der Waals surface area contributed by atoms with Crippen molar-refractivity contribution in [3.8, 4) is 11.4 Å². The number of aliphatic hydroxyl groups is 1. The van der Waals surface area contributed by atoms with Crippen LogP contribution in [0.1, 0.15) is 5.56 Å². The molecule has 2 aromatic heterocycles. The van der Waals surface area contributed by atoms with Gasteiger partial charge in [0.1, 0.15) is 5.52 Å². The van der Waals surface area contributed by atoms with Gasteiger partial charge in [0.15, 0.2) is 11.6 Å². The molecule has 4 rings (SSSR count). The number of hydrogen-bond donors (Lipinski definition) is 1. The highest BCUT2D eigenvalue weighted by Crippen LogP contribution is 2.27. The van der Waals surface area contributed by atoms with Gasteiger partial charge in [-0.15, -0.1) is 0 Å². The van der Waals surface area contributed by atoms with Crippen LogP contribution in [0.2, 0.25) is 0 Å². The minimum Gasteiger partial charge on any atom is -0.392 e. The average molecular weight is 322 g/mol. The molecule has 0 aliphatic carbocycles. The van der Waals surface area contributed by atoms with Crippen molar-refractivity contribution in [2.45, 2.75) is 6.61 Å². The third-order valence-corrected chi connectivity index (χ3v) is 4.10. The SMILES string of the molecule is OCc1cnc2c(N3CCOCC3)nc(-c3ccccc3)nc2c1. The molecule has 3 aromatic rings. The van der Waals surface area contributed by atoms with E-state index < -0.39 is 0 Å². The fraction of sp³-hybridized carbons (Fsp3) is 0.278. The first kappa shape index (κ1) is 15.0. The van der Waals surface area contributed by atoms with Gasteiger partial charge in [0.25, 0.3) is 0 Å². The van der Waals surface area contributed by atoms with Crippen molar-refractivity contribution in [1.82, 2.24) is 15.0 Å². The minimum atomic E-state index is -0.0551. The average Bonchev–Trinajstić information content (AvgIpc) is 2.68. The second-order valence-electron chi connectivity index (χ2n) is 5.71. The maximum Gasteiger partial charge on any atom is 0.162 e. The lowest BCUT2D eigenvalue weighted by atomic mass is 10.2. The molecule has 1 aliphatic rings. The van der Waals surface area contributed by atoms with Gasteiger partial charge in [-0.25, -0.2) is 9.97 Å². The molecule has 0 bridgehead atoms. The molecule has 1 N–H and O–H groups in total. The van der Waals surface area contributed by atoms with Crippen LogP contribution in [0, 0.1) is 0 Å². The Morgan fingerprint density at radius 1 is 1.08 bits per heavy atom. The van der Waals surface area contributed by atoms with Crippen LogP contribution in [0.15, 0.2) is 42.6 Å². The van der Waals surface area contributed by atoms with Gasteiger partial charge >= 0.3 is 0 Å². The van der Waals surface area contributed by atoms with Crippen LogP contribution < -0.4 is 4.90 Å². The lowest BCUT2D eigenvalue weighted by Crippen LogP contribution is -2.37. The van der Waals surface area contributed by atoms with Crippen LogP contribution >= 0.6 is 0 Å². The number of aromatic nitrogens is 3. The summed E-state index contributed by atoms with van der Waals surface area (Å²) in [5.41, 5.74) is 3.21. The van der Waals surface area contributed by atoms with Gasteiger partial charge in [-0.05, 0) is 11.6 Å².